The van der Waals surface area contributed by atoms with Gasteiger partial charge in [0.05, 0.1) is 0 Å². The summed E-state index contributed by atoms with van der Waals surface area (Å²) in [6.45, 7) is 2.89. The van der Waals surface area contributed by atoms with Crippen molar-refractivity contribution < 1.29 is 4.48 Å². The first-order valence-electron chi connectivity index (χ1n) is 4.99. The molecular weight excluding hydrogens is 155 g/mol. The molecule has 1 N–H and O–H groups in total. The van der Waals surface area contributed by atoms with E-state index in [2.05, 4.69) is 5.32 Å². The van der Waals surface area contributed by atoms with Crippen molar-refractivity contribution in [1.82, 2.24) is 10.4 Å². The van der Waals surface area contributed by atoms with Crippen molar-refractivity contribution in [3.63, 3.8) is 0 Å². The molecule has 0 aromatic heterocycles. The lowest BCUT2D eigenvalue weighted by Crippen LogP contribution is -2.24. The topological polar surface area (TPSA) is 15.3 Å². The molecule has 2 nitrogen and oxygen atoms in total. The molecule has 2 aliphatic heterocycles. The van der Waals surface area contributed by atoms with Gasteiger partial charge < -0.3 is 5.32 Å². The molecule has 0 radical (unpaired) electrons. The summed E-state index contributed by atoms with van der Waals surface area (Å²) in [7, 11) is 0. The zero-order valence-corrected chi connectivity index (χ0v) is 7.43. The lowest BCUT2D eigenvalue weighted by Gasteiger charge is -2.18. The summed E-state index contributed by atoms with van der Waals surface area (Å²) in [4.78, 5) is 0. The number of nitrogens with zero attached hydrogens (tertiary/aromatic N) is 1. The summed E-state index contributed by atoms with van der Waals surface area (Å²) in [5.74, 6) is 0.728. The van der Waals surface area contributed by atoms with Gasteiger partial charge in [0.15, 0.2) is 0 Å². The minimum atomic E-state index is 0.231. The maximum Gasteiger partial charge on any atom is 0.0406 e. The van der Waals surface area contributed by atoms with Crippen LogP contribution in [0.3, 0.4) is 0 Å². The normalized spacial score (nSPS) is 37.8. The van der Waals surface area contributed by atoms with Crippen LogP contribution < -0.4 is 5.32 Å². The molecule has 0 amide bonds. The Balaban J connectivity index is 1.77. The van der Waals surface area contributed by atoms with E-state index in [0.717, 1.165) is 43.4 Å². The molecule has 0 spiro atoms. The van der Waals surface area contributed by atoms with Crippen molar-refractivity contribution in [3.05, 3.63) is 0 Å². The summed E-state index contributed by atoms with van der Waals surface area (Å²) in [6.07, 6.45) is 4.40. The van der Waals surface area contributed by atoms with Crippen LogP contribution in [0.4, 0.5) is 4.48 Å². The highest BCUT2D eigenvalue weighted by atomic mass is 19.2. The van der Waals surface area contributed by atoms with E-state index in [0.29, 0.717) is 6.54 Å². The predicted octanol–water partition coefficient (Wildman–Crippen LogP) is 1.33. The van der Waals surface area contributed by atoms with Gasteiger partial charge in [-0.15, -0.1) is 9.60 Å². The third-order valence-electron chi connectivity index (χ3n) is 3.07. The zero-order chi connectivity index (χ0) is 8.39. The molecule has 70 valence electrons. The van der Waals surface area contributed by atoms with Gasteiger partial charge in [-0.25, -0.2) is 0 Å². The predicted molar refractivity (Wildman–Crippen MR) is 46.4 cm³/mol. The van der Waals surface area contributed by atoms with Crippen molar-refractivity contribution in [1.29, 1.82) is 0 Å². The number of hydrogen-bond acceptors (Lipinski definition) is 2. The van der Waals surface area contributed by atoms with E-state index >= 15 is 0 Å². The van der Waals surface area contributed by atoms with Crippen LogP contribution in [0.15, 0.2) is 0 Å². The molecular formula is C9H17FN2. The fourth-order valence-corrected chi connectivity index (χ4v) is 2.33. The van der Waals surface area contributed by atoms with Gasteiger partial charge in [-0.3, -0.25) is 0 Å². The first-order chi connectivity index (χ1) is 5.86. The van der Waals surface area contributed by atoms with Gasteiger partial charge in [0, 0.05) is 12.6 Å². The van der Waals surface area contributed by atoms with E-state index in [4.69, 9.17) is 0 Å². The fraction of sp³-hybridized carbons (Fsp3) is 1.00. The second-order valence-corrected chi connectivity index (χ2v) is 4.01. The van der Waals surface area contributed by atoms with Gasteiger partial charge in [0.25, 0.3) is 0 Å². The Morgan fingerprint density at radius 2 is 2.33 bits per heavy atom. The third kappa shape index (κ3) is 1.77. The molecule has 0 saturated carbocycles. The van der Waals surface area contributed by atoms with Crippen LogP contribution in [0.25, 0.3) is 0 Å². The van der Waals surface area contributed by atoms with E-state index in [1.807, 2.05) is 0 Å². The summed E-state index contributed by atoms with van der Waals surface area (Å²) in [5.41, 5.74) is 0. The highest BCUT2D eigenvalue weighted by Gasteiger charge is 2.28. The summed E-state index contributed by atoms with van der Waals surface area (Å²) >= 11 is 0. The Hall–Kier alpha value is -0.150. The smallest absolute Gasteiger partial charge is 0.0406 e. The van der Waals surface area contributed by atoms with Crippen LogP contribution in [0.5, 0.6) is 0 Å². The highest BCUT2D eigenvalue weighted by Crippen LogP contribution is 2.25. The number of rotatable bonds is 2. The van der Waals surface area contributed by atoms with Crippen molar-refractivity contribution in [2.24, 2.45) is 5.92 Å². The molecule has 2 heterocycles. The maximum atomic E-state index is 13.1. The highest BCUT2D eigenvalue weighted by molar-refractivity contribution is 4.80. The van der Waals surface area contributed by atoms with Crippen LogP contribution in [0.2, 0.25) is 0 Å². The van der Waals surface area contributed by atoms with Gasteiger partial charge in [-0.1, -0.05) is 0 Å². The summed E-state index contributed by atoms with van der Waals surface area (Å²) in [6, 6.07) is 0.231. The van der Waals surface area contributed by atoms with E-state index in [1.165, 1.54) is 6.42 Å². The first-order valence-corrected chi connectivity index (χ1v) is 4.99. The standard InChI is InChI=1S/C9H17FN2/c10-12-5-1-2-9(12)6-8-3-4-11-7-8/h8-9,11H,1-7H2/t8-,9+/m1/s1. The first kappa shape index (κ1) is 8.45. The molecule has 0 aromatic rings. The molecule has 0 aliphatic carbocycles. The molecule has 2 saturated heterocycles. The van der Waals surface area contributed by atoms with Crippen molar-refractivity contribution >= 4 is 0 Å². The van der Waals surface area contributed by atoms with Gasteiger partial charge in [0.1, 0.15) is 0 Å². The molecule has 0 aromatic carbocycles. The molecule has 12 heavy (non-hydrogen) atoms. The van der Waals surface area contributed by atoms with Crippen molar-refractivity contribution in [2.75, 3.05) is 19.6 Å². The molecule has 2 rings (SSSR count). The van der Waals surface area contributed by atoms with Crippen LogP contribution in [-0.2, 0) is 0 Å². The molecule has 3 heteroatoms. The largest absolute Gasteiger partial charge is 0.316 e. The second-order valence-electron chi connectivity index (χ2n) is 4.01. The van der Waals surface area contributed by atoms with Gasteiger partial charge in [0.2, 0.25) is 0 Å². The van der Waals surface area contributed by atoms with Gasteiger partial charge >= 0.3 is 0 Å². The number of nitrogens with one attached hydrogen (secondary N) is 1. The van der Waals surface area contributed by atoms with Crippen LogP contribution in [0, 0.1) is 5.92 Å². The monoisotopic (exact) mass is 172 g/mol. The lowest BCUT2D eigenvalue weighted by atomic mass is 9.98. The average Bonchev–Trinajstić information content (AvgIpc) is 2.65. The molecule has 0 bridgehead atoms. The Labute approximate surface area is 73.1 Å². The summed E-state index contributed by atoms with van der Waals surface area (Å²) in [5, 5.41) is 4.36. The summed E-state index contributed by atoms with van der Waals surface area (Å²) < 4.78 is 13.1. The van der Waals surface area contributed by atoms with Crippen molar-refractivity contribution in [2.45, 2.75) is 31.7 Å². The van der Waals surface area contributed by atoms with E-state index in [9.17, 15) is 4.48 Å². The molecule has 2 atom stereocenters. The Morgan fingerprint density at radius 3 is 2.92 bits per heavy atom. The zero-order valence-electron chi connectivity index (χ0n) is 7.43. The fourth-order valence-electron chi connectivity index (χ4n) is 2.33. The second kappa shape index (κ2) is 3.71. The van der Waals surface area contributed by atoms with Gasteiger partial charge in [-0.2, -0.15) is 0 Å². The van der Waals surface area contributed by atoms with Crippen molar-refractivity contribution in [3.8, 4) is 0 Å². The van der Waals surface area contributed by atoms with Crippen LogP contribution in [0.1, 0.15) is 25.7 Å². The minimum absolute atomic E-state index is 0.231. The van der Waals surface area contributed by atoms with E-state index in [-0.39, 0.29) is 6.04 Å². The third-order valence-corrected chi connectivity index (χ3v) is 3.07. The van der Waals surface area contributed by atoms with E-state index < -0.39 is 0 Å². The van der Waals surface area contributed by atoms with Gasteiger partial charge in [-0.05, 0) is 44.7 Å². The van der Waals surface area contributed by atoms with Crippen LogP contribution >= 0.6 is 0 Å². The molecule has 2 aliphatic rings. The molecule has 0 unspecified atom stereocenters. The Morgan fingerprint density at radius 1 is 1.42 bits per heavy atom. The quantitative estimate of drug-likeness (QED) is 0.632. The number of halogens is 1. The SMILES string of the molecule is FN1CCC[C@H]1C[C@H]1CCNC1. The average molecular weight is 172 g/mol. The molecule has 2 fully saturated rings. The Kier molecular flexibility index (Phi) is 2.61. The lowest BCUT2D eigenvalue weighted by molar-refractivity contribution is 0.00270. The maximum absolute atomic E-state index is 13.1. The number of hydrogen-bond donors (Lipinski definition) is 1. The van der Waals surface area contributed by atoms with E-state index in [1.54, 1.807) is 0 Å². The van der Waals surface area contributed by atoms with Crippen LogP contribution in [-0.4, -0.2) is 30.8 Å². The minimum Gasteiger partial charge on any atom is -0.316 e. The Bertz CT molecular complexity index is 145.